The van der Waals surface area contributed by atoms with Crippen LogP contribution in [0.2, 0.25) is 0 Å². The maximum absolute atomic E-state index is 12.6. The number of hydrogen-bond acceptors (Lipinski definition) is 7. The Labute approximate surface area is 153 Å². The molecule has 0 aliphatic rings. The highest BCUT2D eigenvalue weighted by atomic mass is 16.6. The number of benzene rings is 1. The Kier molecular flexibility index (Phi) is 8.57. The van der Waals surface area contributed by atoms with Crippen molar-refractivity contribution in [2.24, 2.45) is 0 Å². The summed E-state index contributed by atoms with van der Waals surface area (Å²) in [5, 5.41) is 5.53. The minimum absolute atomic E-state index is 0.106. The summed E-state index contributed by atoms with van der Waals surface area (Å²) < 4.78 is 15.5. The van der Waals surface area contributed by atoms with E-state index >= 15 is 0 Å². The van der Waals surface area contributed by atoms with Gasteiger partial charge in [0.2, 0.25) is 5.91 Å². The van der Waals surface area contributed by atoms with Crippen molar-refractivity contribution in [3.05, 3.63) is 24.3 Å². The number of ether oxygens (including phenoxy) is 3. The number of anilines is 2. The van der Waals surface area contributed by atoms with E-state index in [4.69, 9.17) is 14.2 Å². The molecule has 2 N–H and O–H groups in total. The van der Waals surface area contributed by atoms with Crippen molar-refractivity contribution >= 4 is 29.2 Å². The molecule has 8 nitrogen and oxygen atoms in total. The highest BCUT2D eigenvalue weighted by Crippen LogP contribution is 2.22. The molecule has 8 heteroatoms. The van der Waals surface area contributed by atoms with Crippen LogP contribution in [0.4, 0.5) is 11.4 Å². The number of esters is 2. The van der Waals surface area contributed by atoms with Crippen molar-refractivity contribution < 1.29 is 28.6 Å². The van der Waals surface area contributed by atoms with Gasteiger partial charge in [-0.2, -0.15) is 0 Å². The zero-order chi connectivity index (χ0) is 19.6. The van der Waals surface area contributed by atoms with E-state index in [1.54, 1.807) is 45.0 Å². The number of hydrogen-bond donors (Lipinski definition) is 2. The van der Waals surface area contributed by atoms with Crippen LogP contribution < -0.4 is 10.6 Å². The van der Waals surface area contributed by atoms with Crippen LogP contribution in [0.3, 0.4) is 0 Å². The van der Waals surface area contributed by atoms with Gasteiger partial charge in [-0.1, -0.05) is 0 Å². The van der Waals surface area contributed by atoms with Gasteiger partial charge in [0.05, 0.1) is 19.8 Å². The molecule has 0 saturated carbocycles. The van der Waals surface area contributed by atoms with E-state index in [9.17, 15) is 14.4 Å². The van der Waals surface area contributed by atoms with E-state index in [1.807, 2.05) is 0 Å². The first-order chi connectivity index (χ1) is 12.4. The van der Waals surface area contributed by atoms with Crippen molar-refractivity contribution in [2.45, 2.75) is 33.2 Å². The molecule has 1 aromatic rings. The van der Waals surface area contributed by atoms with Crippen LogP contribution in [0.15, 0.2) is 24.3 Å². The Morgan fingerprint density at radius 2 is 1.38 bits per heavy atom. The highest BCUT2D eigenvalue weighted by Gasteiger charge is 2.50. The number of carbonyl (C=O) groups is 3. The van der Waals surface area contributed by atoms with Crippen molar-refractivity contribution in [3.8, 4) is 0 Å². The van der Waals surface area contributed by atoms with Gasteiger partial charge < -0.3 is 24.8 Å². The van der Waals surface area contributed by atoms with Crippen LogP contribution in [0, 0.1) is 0 Å². The van der Waals surface area contributed by atoms with Gasteiger partial charge >= 0.3 is 11.9 Å². The maximum Gasteiger partial charge on any atom is 0.346 e. The number of carbonyl (C=O) groups excluding carboxylic acids is 3. The van der Waals surface area contributed by atoms with Gasteiger partial charge in [-0.3, -0.25) is 4.79 Å². The molecule has 0 heterocycles. The Morgan fingerprint density at radius 1 is 0.885 bits per heavy atom. The van der Waals surface area contributed by atoms with Crippen molar-refractivity contribution in [1.82, 2.24) is 0 Å². The highest BCUT2D eigenvalue weighted by molar-refractivity contribution is 6.08. The minimum Gasteiger partial charge on any atom is -0.464 e. The molecule has 26 heavy (non-hydrogen) atoms. The Bertz CT molecular complexity index is 597. The smallest absolute Gasteiger partial charge is 0.346 e. The minimum atomic E-state index is -1.82. The first-order valence-corrected chi connectivity index (χ1v) is 8.47. The average molecular weight is 366 g/mol. The van der Waals surface area contributed by atoms with Crippen molar-refractivity contribution in [3.63, 3.8) is 0 Å². The standard InChI is InChI=1S/C18H26N2O6/c1-5-24-12-18(16(22)25-6-2,17(23)26-7-3)20-15-10-8-14(9-11-15)19-13(4)21/h8-11,20H,5-7,12H2,1-4H3,(H,19,21). The van der Waals surface area contributed by atoms with Gasteiger partial charge in [-0.15, -0.1) is 0 Å². The molecule has 1 rings (SSSR count). The molecule has 1 aromatic carbocycles. The Balaban J connectivity index is 3.17. The van der Waals surface area contributed by atoms with Gasteiger partial charge in [0.1, 0.15) is 0 Å². The molecular formula is C18H26N2O6. The lowest BCUT2D eigenvalue weighted by Crippen LogP contribution is -2.58. The third-order valence-electron chi connectivity index (χ3n) is 3.33. The summed E-state index contributed by atoms with van der Waals surface area (Å²) in [6, 6.07) is 6.55. The second-order valence-electron chi connectivity index (χ2n) is 5.37. The molecule has 0 saturated heterocycles. The summed E-state index contributed by atoms with van der Waals surface area (Å²) in [6.07, 6.45) is 0. The van der Waals surface area contributed by atoms with E-state index in [0.717, 1.165) is 0 Å². The first-order valence-electron chi connectivity index (χ1n) is 8.47. The quantitative estimate of drug-likeness (QED) is 0.482. The second kappa shape index (κ2) is 10.4. The fourth-order valence-corrected chi connectivity index (χ4v) is 2.19. The van der Waals surface area contributed by atoms with Crippen molar-refractivity contribution in [1.29, 1.82) is 0 Å². The number of rotatable bonds is 10. The lowest BCUT2D eigenvalue weighted by Gasteiger charge is -2.30. The summed E-state index contributed by atoms with van der Waals surface area (Å²) in [7, 11) is 0. The molecule has 1 amide bonds. The topological polar surface area (TPSA) is 103 Å². The normalized spacial score (nSPS) is 10.8. The van der Waals surface area contributed by atoms with E-state index in [-0.39, 0.29) is 25.7 Å². The SMILES string of the molecule is CCOCC(Nc1ccc(NC(C)=O)cc1)(C(=O)OCC)C(=O)OCC. The second-order valence-corrected chi connectivity index (χ2v) is 5.37. The molecule has 0 spiro atoms. The lowest BCUT2D eigenvalue weighted by atomic mass is 10.00. The molecule has 0 aliphatic carbocycles. The van der Waals surface area contributed by atoms with Crippen LogP contribution in [-0.2, 0) is 28.6 Å². The van der Waals surface area contributed by atoms with Gasteiger partial charge in [-0.25, -0.2) is 9.59 Å². The van der Waals surface area contributed by atoms with Gasteiger partial charge in [0, 0.05) is 24.9 Å². The summed E-state index contributed by atoms with van der Waals surface area (Å²) in [5.41, 5.74) is -0.761. The predicted octanol–water partition coefficient (Wildman–Crippen LogP) is 1.96. The largest absolute Gasteiger partial charge is 0.464 e. The van der Waals surface area contributed by atoms with Gasteiger partial charge in [0.15, 0.2) is 0 Å². The van der Waals surface area contributed by atoms with Crippen LogP contribution in [0.1, 0.15) is 27.7 Å². The predicted molar refractivity (Wildman–Crippen MR) is 96.9 cm³/mol. The van der Waals surface area contributed by atoms with Crippen LogP contribution in [0.5, 0.6) is 0 Å². The van der Waals surface area contributed by atoms with Crippen LogP contribution >= 0.6 is 0 Å². The van der Waals surface area contributed by atoms with Crippen molar-refractivity contribution in [2.75, 3.05) is 37.1 Å². The third-order valence-corrected chi connectivity index (χ3v) is 3.33. The number of nitrogens with one attached hydrogen (secondary N) is 2. The molecule has 144 valence electrons. The summed E-state index contributed by atoms with van der Waals surface area (Å²) in [6.45, 7) is 6.74. The first kappa shape index (κ1) is 21.4. The maximum atomic E-state index is 12.6. The third kappa shape index (κ3) is 5.73. The zero-order valence-corrected chi connectivity index (χ0v) is 15.6. The molecule has 0 radical (unpaired) electrons. The van der Waals surface area contributed by atoms with Crippen LogP contribution in [-0.4, -0.2) is 49.8 Å². The number of amides is 1. The summed E-state index contributed by atoms with van der Waals surface area (Å²) in [4.78, 5) is 36.3. The molecule has 0 aliphatic heterocycles. The van der Waals surface area contributed by atoms with Crippen LogP contribution in [0.25, 0.3) is 0 Å². The molecule has 0 atom stereocenters. The Hall–Kier alpha value is -2.61. The fraction of sp³-hybridized carbons (Fsp3) is 0.500. The molecule has 0 bridgehead atoms. The van der Waals surface area contributed by atoms with E-state index in [0.29, 0.717) is 18.0 Å². The average Bonchev–Trinajstić information content (AvgIpc) is 2.60. The van der Waals surface area contributed by atoms with Gasteiger partial charge in [-0.05, 0) is 45.0 Å². The fourth-order valence-electron chi connectivity index (χ4n) is 2.19. The Morgan fingerprint density at radius 3 is 1.81 bits per heavy atom. The summed E-state index contributed by atoms with van der Waals surface area (Å²) >= 11 is 0. The molecule has 0 fully saturated rings. The van der Waals surface area contributed by atoms with E-state index in [2.05, 4.69) is 10.6 Å². The van der Waals surface area contributed by atoms with E-state index in [1.165, 1.54) is 6.92 Å². The zero-order valence-electron chi connectivity index (χ0n) is 15.6. The molecule has 0 unspecified atom stereocenters. The summed E-state index contributed by atoms with van der Waals surface area (Å²) in [5.74, 6) is -1.76. The van der Waals surface area contributed by atoms with E-state index < -0.39 is 17.5 Å². The molecular weight excluding hydrogens is 340 g/mol. The molecule has 0 aromatic heterocycles. The van der Waals surface area contributed by atoms with Gasteiger partial charge in [0.25, 0.3) is 5.54 Å². The monoisotopic (exact) mass is 366 g/mol. The lowest BCUT2D eigenvalue weighted by molar-refractivity contribution is -0.165.